The van der Waals surface area contributed by atoms with Gasteiger partial charge in [-0.15, -0.1) is 0 Å². The second-order valence-electron chi connectivity index (χ2n) is 4.19. The minimum absolute atomic E-state index is 0.0446. The predicted molar refractivity (Wildman–Crippen MR) is 81.5 cm³/mol. The Morgan fingerprint density at radius 2 is 2.10 bits per heavy atom. The summed E-state index contributed by atoms with van der Waals surface area (Å²) in [5, 5.41) is 11.5. The molecule has 7 heteroatoms. The Morgan fingerprint density at radius 1 is 1.33 bits per heavy atom. The zero-order chi connectivity index (χ0) is 15.4. The van der Waals surface area contributed by atoms with E-state index in [9.17, 15) is 14.5 Å². The van der Waals surface area contributed by atoms with Crippen LogP contribution in [0.5, 0.6) is 5.75 Å². The zero-order valence-corrected chi connectivity index (χ0v) is 13.0. The normalized spacial score (nSPS) is 10.4. The molecule has 0 unspecified atom stereocenters. The first-order chi connectivity index (χ1) is 10.0. The van der Waals surface area contributed by atoms with Crippen molar-refractivity contribution >= 4 is 33.2 Å². The summed E-state index contributed by atoms with van der Waals surface area (Å²) in [6.07, 6.45) is 0. The van der Waals surface area contributed by atoms with Crippen molar-refractivity contribution in [2.45, 2.75) is 11.9 Å². The van der Waals surface area contributed by atoms with Crippen LogP contribution >= 0.6 is 27.5 Å². The van der Waals surface area contributed by atoms with Gasteiger partial charge in [-0.25, -0.2) is 4.39 Å². The molecule has 0 bridgehead atoms. The molecule has 4 nitrogen and oxygen atoms in total. The Hall–Kier alpha value is -1.66. The number of nitrogens with zero attached hydrogens (tertiary/aromatic N) is 1. The van der Waals surface area contributed by atoms with Crippen LogP contribution in [0.3, 0.4) is 0 Å². The maximum atomic E-state index is 13.3. The number of hydrogen-bond donors (Lipinski definition) is 0. The molecule has 0 fully saturated rings. The second-order valence-corrected chi connectivity index (χ2v) is 5.13. The summed E-state index contributed by atoms with van der Waals surface area (Å²) in [6, 6.07) is 8.92. The third-order valence-corrected chi connectivity index (χ3v) is 3.86. The molecule has 0 spiro atoms. The van der Waals surface area contributed by atoms with Crippen LogP contribution in [0.1, 0.15) is 11.1 Å². The molecule has 0 amide bonds. The molecule has 0 N–H and O–H groups in total. The highest BCUT2D eigenvalue weighted by molar-refractivity contribution is 9.08. The van der Waals surface area contributed by atoms with E-state index in [4.69, 9.17) is 16.3 Å². The molecule has 110 valence electrons. The topological polar surface area (TPSA) is 52.4 Å². The molecule has 0 saturated heterocycles. The third kappa shape index (κ3) is 3.71. The maximum absolute atomic E-state index is 13.3. The standard InChI is InChI=1S/C14H10BrClFNO3/c15-7-9-4-5-12(18(19)20)13(6-9)21-8-10-2-1-3-11(17)14(10)16/h1-6H,7-8H2. The van der Waals surface area contributed by atoms with Crippen molar-refractivity contribution in [2.75, 3.05) is 0 Å². The summed E-state index contributed by atoms with van der Waals surface area (Å²) in [5.74, 6) is -0.432. The number of alkyl halides is 1. The largest absolute Gasteiger partial charge is 0.482 e. The van der Waals surface area contributed by atoms with Crippen LogP contribution in [-0.2, 0) is 11.9 Å². The van der Waals surface area contributed by atoms with Crippen LogP contribution in [0.25, 0.3) is 0 Å². The lowest BCUT2D eigenvalue weighted by atomic mass is 10.2. The Kier molecular flexibility index (Phi) is 5.14. The molecule has 2 rings (SSSR count). The number of rotatable bonds is 5. The summed E-state index contributed by atoms with van der Waals surface area (Å²) in [7, 11) is 0. The van der Waals surface area contributed by atoms with Gasteiger partial charge in [-0.3, -0.25) is 10.1 Å². The van der Waals surface area contributed by atoms with Crippen molar-refractivity contribution in [2.24, 2.45) is 0 Å². The van der Waals surface area contributed by atoms with E-state index in [-0.39, 0.29) is 23.1 Å². The number of nitro groups is 1. The molecule has 2 aromatic carbocycles. The summed E-state index contributed by atoms with van der Waals surface area (Å²) in [4.78, 5) is 10.5. The minimum atomic E-state index is -0.554. The molecule has 0 aromatic heterocycles. The fourth-order valence-corrected chi connectivity index (χ4v) is 2.25. The van der Waals surface area contributed by atoms with Gasteiger partial charge in [0, 0.05) is 17.0 Å². The number of ether oxygens (including phenoxy) is 1. The first-order valence-corrected chi connectivity index (χ1v) is 7.42. The number of benzene rings is 2. The lowest BCUT2D eigenvalue weighted by Crippen LogP contribution is -2.01. The first kappa shape index (κ1) is 15.7. The van der Waals surface area contributed by atoms with Gasteiger partial charge in [0.05, 0.1) is 9.95 Å². The average Bonchev–Trinajstić information content (AvgIpc) is 2.48. The molecule has 2 aromatic rings. The smallest absolute Gasteiger partial charge is 0.310 e. The van der Waals surface area contributed by atoms with Gasteiger partial charge in [-0.05, 0) is 17.7 Å². The third-order valence-electron chi connectivity index (χ3n) is 2.79. The van der Waals surface area contributed by atoms with E-state index in [2.05, 4.69) is 15.9 Å². The Bertz CT molecular complexity index is 681. The van der Waals surface area contributed by atoms with E-state index in [0.717, 1.165) is 5.56 Å². The zero-order valence-electron chi connectivity index (χ0n) is 10.7. The second kappa shape index (κ2) is 6.87. The SMILES string of the molecule is O=[N+]([O-])c1ccc(CBr)cc1OCc1cccc(F)c1Cl. The quantitative estimate of drug-likeness (QED) is 0.426. The fourth-order valence-electron chi connectivity index (χ4n) is 1.72. The van der Waals surface area contributed by atoms with Crippen LogP contribution in [0.2, 0.25) is 5.02 Å². The van der Waals surface area contributed by atoms with Gasteiger partial charge in [0.1, 0.15) is 12.4 Å². The highest BCUT2D eigenvalue weighted by atomic mass is 79.9. The Labute approximate surface area is 133 Å². The average molecular weight is 375 g/mol. The molecule has 0 saturated carbocycles. The van der Waals surface area contributed by atoms with E-state index < -0.39 is 10.7 Å². The van der Waals surface area contributed by atoms with Crippen LogP contribution in [0.15, 0.2) is 36.4 Å². The van der Waals surface area contributed by atoms with Gasteiger partial charge in [0.2, 0.25) is 0 Å². The van der Waals surface area contributed by atoms with Gasteiger partial charge in [-0.2, -0.15) is 0 Å². The molecule has 0 aliphatic carbocycles. The maximum Gasteiger partial charge on any atom is 0.310 e. The summed E-state index contributed by atoms with van der Waals surface area (Å²) in [5.41, 5.74) is 1.11. The van der Waals surface area contributed by atoms with Crippen LogP contribution < -0.4 is 4.74 Å². The van der Waals surface area contributed by atoms with Gasteiger partial charge in [-0.1, -0.05) is 45.7 Å². The lowest BCUT2D eigenvalue weighted by Gasteiger charge is -2.09. The highest BCUT2D eigenvalue weighted by Crippen LogP contribution is 2.30. The van der Waals surface area contributed by atoms with E-state index in [1.807, 2.05) is 0 Å². The fraction of sp³-hybridized carbons (Fsp3) is 0.143. The molecule has 0 atom stereocenters. The van der Waals surface area contributed by atoms with Crippen molar-refractivity contribution in [1.82, 2.24) is 0 Å². The van der Waals surface area contributed by atoms with Crippen molar-refractivity contribution in [3.63, 3.8) is 0 Å². The Balaban J connectivity index is 2.26. The molecule has 21 heavy (non-hydrogen) atoms. The number of hydrogen-bond acceptors (Lipinski definition) is 3. The van der Waals surface area contributed by atoms with Crippen LogP contribution in [-0.4, -0.2) is 4.92 Å². The van der Waals surface area contributed by atoms with Gasteiger partial charge in [0.25, 0.3) is 0 Å². The molecule has 0 heterocycles. The van der Waals surface area contributed by atoms with Gasteiger partial charge < -0.3 is 4.74 Å². The number of halogens is 3. The van der Waals surface area contributed by atoms with Crippen molar-refractivity contribution in [3.8, 4) is 5.75 Å². The van der Waals surface area contributed by atoms with Gasteiger partial charge >= 0.3 is 5.69 Å². The molecular formula is C14H10BrClFNO3. The lowest BCUT2D eigenvalue weighted by molar-refractivity contribution is -0.386. The van der Waals surface area contributed by atoms with Crippen molar-refractivity contribution < 1.29 is 14.1 Å². The van der Waals surface area contributed by atoms with E-state index in [0.29, 0.717) is 10.9 Å². The van der Waals surface area contributed by atoms with Crippen molar-refractivity contribution in [3.05, 3.63) is 68.5 Å². The highest BCUT2D eigenvalue weighted by Gasteiger charge is 2.16. The van der Waals surface area contributed by atoms with E-state index in [1.54, 1.807) is 18.2 Å². The molecule has 0 aliphatic heterocycles. The van der Waals surface area contributed by atoms with Crippen LogP contribution in [0.4, 0.5) is 10.1 Å². The molecule has 0 aliphatic rings. The summed E-state index contributed by atoms with van der Waals surface area (Å²) < 4.78 is 18.8. The summed E-state index contributed by atoms with van der Waals surface area (Å²) in [6.45, 7) is -0.0524. The first-order valence-electron chi connectivity index (χ1n) is 5.92. The van der Waals surface area contributed by atoms with Crippen LogP contribution in [0, 0.1) is 15.9 Å². The van der Waals surface area contributed by atoms with Crippen molar-refractivity contribution in [1.29, 1.82) is 0 Å². The predicted octanol–water partition coefficient (Wildman–Crippen LogP) is 4.86. The van der Waals surface area contributed by atoms with Gasteiger partial charge in [0.15, 0.2) is 5.75 Å². The van der Waals surface area contributed by atoms with E-state index >= 15 is 0 Å². The van der Waals surface area contributed by atoms with E-state index in [1.165, 1.54) is 18.2 Å². The Morgan fingerprint density at radius 3 is 2.76 bits per heavy atom. The minimum Gasteiger partial charge on any atom is -0.482 e. The monoisotopic (exact) mass is 373 g/mol. The molecule has 0 radical (unpaired) electrons. The molecular weight excluding hydrogens is 365 g/mol. The number of nitro benzene ring substituents is 1. The summed E-state index contributed by atoms with van der Waals surface area (Å²) >= 11 is 9.10.